The van der Waals surface area contributed by atoms with E-state index in [2.05, 4.69) is 59.3 Å². The maximum atomic E-state index is 11.5. The van der Waals surface area contributed by atoms with Crippen molar-refractivity contribution in [3.8, 4) is 0 Å². The zero-order valence-electron chi connectivity index (χ0n) is 18.6. The molecule has 2 heterocycles. The minimum atomic E-state index is -0.493. The number of carbonyl (C=O) groups excluding carboxylic acids is 1. The van der Waals surface area contributed by atoms with E-state index >= 15 is 0 Å². The van der Waals surface area contributed by atoms with Crippen LogP contribution in [-0.2, 0) is 11.2 Å². The number of hydrogen-bond acceptors (Lipinski definition) is 4. The molecular weight excluding hydrogens is 386 g/mol. The smallest absolute Gasteiger partial charge is 0.224 e. The number of piperazine rings is 1. The topological polar surface area (TPSA) is 55.8 Å². The van der Waals surface area contributed by atoms with E-state index < -0.39 is 6.10 Å². The molecule has 0 unspecified atom stereocenters. The number of nitrogens with zero attached hydrogens (tertiary/aromatic N) is 2. The van der Waals surface area contributed by atoms with Crippen LogP contribution in [0.5, 0.6) is 0 Å². The van der Waals surface area contributed by atoms with Gasteiger partial charge in [0.1, 0.15) is 0 Å². The quantitative estimate of drug-likeness (QED) is 0.746. The van der Waals surface area contributed by atoms with Crippen molar-refractivity contribution < 1.29 is 9.90 Å². The molecule has 1 atom stereocenters. The molecule has 1 amide bonds. The van der Waals surface area contributed by atoms with Crippen LogP contribution in [0.2, 0.25) is 0 Å². The number of fused-ring (bicyclic) bond motifs is 1. The fourth-order valence-electron chi connectivity index (χ4n) is 4.31. The van der Waals surface area contributed by atoms with Gasteiger partial charge in [-0.15, -0.1) is 0 Å². The summed E-state index contributed by atoms with van der Waals surface area (Å²) >= 11 is 0. The van der Waals surface area contributed by atoms with Gasteiger partial charge in [-0.2, -0.15) is 0 Å². The summed E-state index contributed by atoms with van der Waals surface area (Å²) in [7, 11) is 0. The van der Waals surface area contributed by atoms with Crippen molar-refractivity contribution in [2.24, 2.45) is 0 Å². The van der Waals surface area contributed by atoms with Crippen molar-refractivity contribution >= 4 is 23.4 Å². The van der Waals surface area contributed by atoms with Gasteiger partial charge in [0.15, 0.2) is 0 Å². The fourth-order valence-corrected chi connectivity index (χ4v) is 4.31. The number of rotatable bonds is 6. The lowest BCUT2D eigenvalue weighted by atomic mass is 10.00. The maximum absolute atomic E-state index is 11.5. The van der Waals surface area contributed by atoms with Crippen molar-refractivity contribution in [3.63, 3.8) is 0 Å². The molecule has 31 heavy (non-hydrogen) atoms. The molecule has 0 aliphatic carbocycles. The summed E-state index contributed by atoms with van der Waals surface area (Å²) in [6.07, 6.45) is 4.67. The Labute approximate surface area is 185 Å². The van der Waals surface area contributed by atoms with Gasteiger partial charge in [-0.3, -0.25) is 9.69 Å². The Kier molecular flexibility index (Phi) is 6.73. The van der Waals surface area contributed by atoms with Crippen LogP contribution in [0.4, 0.5) is 11.4 Å². The lowest BCUT2D eigenvalue weighted by molar-refractivity contribution is -0.116. The van der Waals surface area contributed by atoms with E-state index in [1.807, 2.05) is 24.3 Å². The van der Waals surface area contributed by atoms with Gasteiger partial charge in [0.25, 0.3) is 0 Å². The largest absolute Gasteiger partial charge is 0.388 e. The maximum Gasteiger partial charge on any atom is 0.224 e. The Morgan fingerprint density at radius 1 is 1.03 bits per heavy atom. The Hall–Kier alpha value is -2.63. The molecule has 5 nitrogen and oxygen atoms in total. The molecule has 2 aliphatic heterocycles. The first-order valence-electron chi connectivity index (χ1n) is 11.3. The van der Waals surface area contributed by atoms with Gasteiger partial charge < -0.3 is 15.3 Å². The van der Waals surface area contributed by atoms with Crippen LogP contribution in [0, 0.1) is 0 Å². The summed E-state index contributed by atoms with van der Waals surface area (Å²) in [6, 6.07) is 15.0. The van der Waals surface area contributed by atoms with Crippen LogP contribution in [0.3, 0.4) is 0 Å². The average molecular weight is 420 g/mol. The zero-order chi connectivity index (χ0) is 21.8. The number of β-amino-alcohol motifs (C(OH)–C–C–N with tert-alkyl or cyclic N) is 1. The van der Waals surface area contributed by atoms with Crippen LogP contribution in [0.1, 0.15) is 42.9 Å². The van der Waals surface area contributed by atoms with E-state index in [0.717, 1.165) is 49.4 Å². The molecule has 2 aromatic carbocycles. The van der Waals surface area contributed by atoms with E-state index in [9.17, 15) is 9.90 Å². The minimum absolute atomic E-state index is 0.0823. The second kappa shape index (κ2) is 9.67. The van der Waals surface area contributed by atoms with Gasteiger partial charge in [-0.25, -0.2) is 0 Å². The number of aryl methyl sites for hydroxylation is 1. The predicted octanol–water partition coefficient (Wildman–Crippen LogP) is 3.89. The number of benzene rings is 2. The Morgan fingerprint density at radius 3 is 2.48 bits per heavy atom. The normalized spacial score (nSPS) is 18.3. The van der Waals surface area contributed by atoms with E-state index in [1.165, 1.54) is 11.3 Å². The number of aliphatic hydroxyl groups excluding tert-OH is 1. The SMILES string of the molecule is CC(C)c1ccc(N2CCN(C[C@H](O)C=Cc3ccc4c(c3)CCC(=O)N4)CC2)cc1. The third-order valence-corrected chi connectivity index (χ3v) is 6.28. The third kappa shape index (κ3) is 5.54. The van der Waals surface area contributed by atoms with Crippen LogP contribution in [-0.4, -0.2) is 54.7 Å². The predicted molar refractivity (Wildman–Crippen MR) is 128 cm³/mol. The van der Waals surface area contributed by atoms with Gasteiger partial charge in [-0.1, -0.05) is 44.2 Å². The lowest BCUT2D eigenvalue weighted by Crippen LogP contribution is -2.48. The summed E-state index contributed by atoms with van der Waals surface area (Å²) in [4.78, 5) is 16.2. The molecule has 4 rings (SSSR count). The second-order valence-electron chi connectivity index (χ2n) is 8.93. The summed E-state index contributed by atoms with van der Waals surface area (Å²) in [5.41, 5.74) is 5.79. The lowest BCUT2D eigenvalue weighted by Gasteiger charge is -2.36. The molecule has 0 aromatic heterocycles. The highest BCUT2D eigenvalue weighted by Crippen LogP contribution is 2.24. The fraction of sp³-hybridized carbons (Fsp3) is 0.423. The number of anilines is 2. The highest BCUT2D eigenvalue weighted by Gasteiger charge is 2.19. The third-order valence-electron chi connectivity index (χ3n) is 6.28. The minimum Gasteiger partial charge on any atom is -0.388 e. The number of aliphatic hydroxyl groups is 1. The Bertz CT molecular complexity index is 928. The first-order valence-corrected chi connectivity index (χ1v) is 11.3. The van der Waals surface area contributed by atoms with Crippen molar-refractivity contribution in [1.82, 2.24) is 4.90 Å². The van der Waals surface area contributed by atoms with Crippen LogP contribution < -0.4 is 10.2 Å². The standard InChI is InChI=1S/C26H33N3O2/c1-19(2)21-5-8-23(9-6-21)29-15-13-28(14-16-29)18-24(30)10-3-20-4-11-25-22(17-20)7-12-26(31)27-25/h3-6,8-11,17,19,24,30H,7,12-16,18H2,1-2H3,(H,27,31)/t24-/m1/s1. The van der Waals surface area contributed by atoms with Crippen LogP contribution in [0.15, 0.2) is 48.5 Å². The van der Waals surface area contributed by atoms with E-state index in [1.54, 1.807) is 0 Å². The summed E-state index contributed by atoms with van der Waals surface area (Å²) in [5.74, 6) is 0.640. The molecule has 164 valence electrons. The van der Waals surface area contributed by atoms with Crippen LogP contribution in [0.25, 0.3) is 6.08 Å². The Balaban J connectivity index is 1.26. The molecule has 5 heteroatoms. The average Bonchev–Trinajstić information content (AvgIpc) is 2.78. The highest BCUT2D eigenvalue weighted by atomic mass is 16.3. The molecule has 0 saturated carbocycles. The van der Waals surface area contributed by atoms with E-state index in [0.29, 0.717) is 18.9 Å². The van der Waals surface area contributed by atoms with Crippen molar-refractivity contribution in [2.75, 3.05) is 42.9 Å². The molecule has 0 radical (unpaired) electrons. The van der Waals surface area contributed by atoms with Crippen LogP contribution >= 0.6 is 0 Å². The van der Waals surface area contributed by atoms with Crippen molar-refractivity contribution in [1.29, 1.82) is 0 Å². The van der Waals surface area contributed by atoms with Gasteiger partial charge >= 0.3 is 0 Å². The monoisotopic (exact) mass is 419 g/mol. The molecule has 0 bridgehead atoms. The first-order chi connectivity index (χ1) is 15.0. The molecule has 1 fully saturated rings. The number of hydrogen-bond donors (Lipinski definition) is 2. The molecule has 1 saturated heterocycles. The zero-order valence-corrected chi connectivity index (χ0v) is 18.6. The molecular formula is C26H33N3O2. The van der Waals surface area contributed by atoms with Crippen molar-refractivity contribution in [3.05, 3.63) is 65.2 Å². The molecule has 2 aliphatic rings. The van der Waals surface area contributed by atoms with Gasteiger partial charge in [0, 0.05) is 50.5 Å². The van der Waals surface area contributed by atoms with Crippen molar-refractivity contribution in [2.45, 2.75) is 38.7 Å². The van der Waals surface area contributed by atoms with E-state index in [4.69, 9.17) is 0 Å². The highest BCUT2D eigenvalue weighted by molar-refractivity contribution is 5.94. The Morgan fingerprint density at radius 2 is 1.77 bits per heavy atom. The molecule has 2 N–H and O–H groups in total. The summed E-state index contributed by atoms with van der Waals surface area (Å²) in [5, 5.41) is 13.4. The number of carbonyl (C=O) groups is 1. The van der Waals surface area contributed by atoms with Gasteiger partial charge in [-0.05, 0) is 53.3 Å². The summed E-state index contributed by atoms with van der Waals surface area (Å²) < 4.78 is 0. The first kappa shape index (κ1) is 21.6. The number of nitrogens with one attached hydrogen (secondary N) is 1. The summed E-state index contributed by atoms with van der Waals surface area (Å²) in [6.45, 7) is 8.96. The molecule has 2 aromatic rings. The van der Waals surface area contributed by atoms with Gasteiger partial charge in [0.05, 0.1) is 6.10 Å². The van der Waals surface area contributed by atoms with E-state index in [-0.39, 0.29) is 5.91 Å². The van der Waals surface area contributed by atoms with Gasteiger partial charge in [0.2, 0.25) is 5.91 Å². The molecule has 0 spiro atoms. The second-order valence-corrected chi connectivity index (χ2v) is 8.93. The number of amides is 1.